The Bertz CT molecular complexity index is 807. The third-order valence-electron chi connectivity index (χ3n) is 5.44. The lowest BCUT2D eigenvalue weighted by atomic mass is 9.86. The Balaban J connectivity index is 1.81. The molecule has 1 aliphatic heterocycles. The van der Waals surface area contributed by atoms with E-state index in [1.54, 1.807) is 19.3 Å². The van der Waals surface area contributed by atoms with Crippen molar-refractivity contribution in [2.75, 3.05) is 31.6 Å². The summed E-state index contributed by atoms with van der Waals surface area (Å²) >= 11 is 1.39. The lowest BCUT2D eigenvalue weighted by Gasteiger charge is -2.43. The Hall–Kier alpha value is -1.90. The summed E-state index contributed by atoms with van der Waals surface area (Å²) in [6.45, 7) is 6.11. The molecular formula is C20H26F2N4OS. The molecule has 1 amide bonds. The maximum Gasteiger partial charge on any atom is 0.242 e. The van der Waals surface area contributed by atoms with Crippen LogP contribution in [0.2, 0.25) is 0 Å². The molecule has 28 heavy (non-hydrogen) atoms. The van der Waals surface area contributed by atoms with E-state index in [-0.39, 0.29) is 24.0 Å². The van der Waals surface area contributed by atoms with Crippen LogP contribution in [0.3, 0.4) is 0 Å². The predicted octanol–water partition coefficient (Wildman–Crippen LogP) is 3.59. The smallest absolute Gasteiger partial charge is 0.242 e. The van der Waals surface area contributed by atoms with Crippen LogP contribution in [-0.2, 0) is 4.79 Å². The number of halogens is 2. The highest BCUT2D eigenvalue weighted by atomic mass is 32.1. The first-order valence-electron chi connectivity index (χ1n) is 9.40. The standard InChI is InChI=1S/C20H26F2N4OS/c1-20(2,26-9-4-5-10-26)18(14-6-7-15(21)16(22)12-14)24-13-17(27)25(3)19-23-8-11-28-19/h6-8,11-12,18,24H,4-5,9-10,13H2,1-3H3/t18-/m0/s1. The summed E-state index contributed by atoms with van der Waals surface area (Å²) in [6.07, 6.45) is 3.87. The van der Waals surface area contributed by atoms with Crippen molar-refractivity contribution in [3.8, 4) is 0 Å². The summed E-state index contributed by atoms with van der Waals surface area (Å²) in [5, 5.41) is 5.73. The van der Waals surface area contributed by atoms with Gasteiger partial charge in [-0.05, 0) is 57.5 Å². The van der Waals surface area contributed by atoms with Crippen LogP contribution in [0.1, 0.15) is 38.3 Å². The van der Waals surface area contributed by atoms with Crippen LogP contribution in [0.15, 0.2) is 29.8 Å². The predicted molar refractivity (Wildman–Crippen MR) is 108 cm³/mol. The molecule has 3 rings (SSSR count). The molecule has 5 nitrogen and oxygen atoms in total. The van der Waals surface area contributed by atoms with Crippen LogP contribution < -0.4 is 10.2 Å². The number of nitrogens with zero attached hydrogens (tertiary/aromatic N) is 3. The van der Waals surface area contributed by atoms with Crippen molar-refractivity contribution in [3.05, 3.63) is 47.0 Å². The number of nitrogens with one attached hydrogen (secondary N) is 1. The van der Waals surface area contributed by atoms with Crippen LogP contribution in [0.4, 0.5) is 13.9 Å². The second-order valence-electron chi connectivity index (χ2n) is 7.60. The molecule has 152 valence electrons. The summed E-state index contributed by atoms with van der Waals surface area (Å²) in [6, 6.07) is 3.61. The monoisotopic (exact) mass is 408 g/mol. The van der Waals surface area contributed by atoms with Gasteiger partial charge >= 0.3 is 0 Å². The minimum absolute atomic E-state index is 0.0665. The molecular weight excluding hydrogens is 382 g/mol. The normalized spacial score (nSPS) is 16.3. The van der Waals surface area contributed by atoms with E-state index >= 15 is 0 Å². The van der Waals surface area contributed by atoms with Gasteiger partial charge in [0.25, 0.3) is 0 Å². The summed E-state index contributed by atoms with van der Waals surface area (Å²) in [7, 11) is 1.68. The van der Waals surface area contributed by atoms with Gasteiger partial charge in [0, 0.05) is 24.2 Å². The van der Waals surface area contributed by atoms with E-state index in [0.29, 0.717) is 10.7 Å². The molecule has 1 aliphatic rings. The molecule has 0 unspecified atom stereocenters. The van der Waals surface area contributed by atoms with Crippen molar-refractivity contribution in [2.24, 2.45) is 0 Å². The summed E-state index contributed by atoms with van der Waals surface area (Å²) in [4.78, 5) is 20.6. The van der Waals surface area contributed by atoms with Gasteiger partial charge in [0.2, 0.25) is 5.91 Å². The average Bonchev–Trinajstić information content (AvgIpc) is 3.37. The Kier molecular flexibility index (Phi) is 6.42. The Labute approximate surface area is 168 Å². The van der Waals surface area contributed by atoms with Crippen LogP contribution in [-0.4, -0.2) is 48.0 Å². The zero-order valence-electron chi connectivity index (χ0n) is 16.4. The maximum atomic E-state index is 13.9. The molecule has 1 saturated heterocycles. The summed E-state index contributed by atoms with van der Waals surface area (Å²) in [5.74, 6) is -1.89. The SMILES string of the molecule is CN(C(=O)CN[C@@H](c1ccc(F)c(F)c1)C(C)(C)N1CCCC1)c1nccs1. The van der Waals surface area contributed by atoms with Gasteiger partial charge in [0.15, 0.2) is 16.8 Å². The van der Waals surface area contributed by atoms with Crippen molar-refractivity contribution < 1.29 is 13.6 Å². The fourth-order valence-corrected chi connectivity index (χ4v) is 4.36. The number of carbonyl (C=O) groups is 1. The minimum Gasteiger partial charge on any atom is -0.300 e. The lowest BCUT2D eigenvalue weighted by Crippen LogP contribution is -2.53. The average molecular weight is 409 g/mol. The molecule has 1 aromatic carbocycles. The van der Waals surface area contributed by atoms with E-state index in [9.17, 15) is 13.6 Å². The second kappa shape index (κ2) is 8.63. The van der Waals surface area contributed by atoms with Crippen molar-refractivity contribution in [1.29, 1.82) is 0 Å². The molecule has 0 saturated carbocycles. The van der Waals surface area contributed by atoms with Gasteiger partial charge in [0.05, 0.1) is 12.6 Å². The van der Waals surface area contributed by atoms with E-state index in [2.05, 4.69) is 29.0 Å². The Morgan fingerprint density at radius 3 is 2.64 bits per heavy atom. The molecule has 1 atom stereocenters. The zero-order chi connectivity index (χ0) is 20.3. The number of thiazole rings is 1. The Morgan fingerprint density at radius 1 is 1.32 bits per heavy atom. The minimum atomic E-state index is -0.882. The zero-order valence-corrected chi connectivity index (χ0v) is 17.2. The molecule has 2 aromatic rings. The molecule has 0 aliphatic carbocycles. The lowest BCUT2D eigenvalue weighted by molar-refractivity contribution is -0.117. The van der Waals surface area contributed by atoms with Crippen LogP contribution >= 0.6 is 11.3 Å². The van der Waals surface area contributed by atoms with Crippen molar-refractivity contribution >= 4 is 22.4 Å². The fraction of sp³-hybridized carbons (Fsp3) is 0.500. The largest absolute Gasteiger partial charge is 0.300 e. The third kappa shape index (κ3) is 4.39. The van der Waals surface area contributed by atoms with Crippen molar-refractivity contribution in [1.82, 2.24) is 15.2 Å². The maximum absolute atomic E-state index is 13.9. The molecule has 0 spiro atoms. The molecule has 8 heteroatoms. The topological polar surface area (TPSA) is 48.5 Å². The number of likely N-dealkylation sites (N-methyl/N-ethyl adjacent to an activating group) is 1. The number of hydrogen-bond acceptors (Lipinski definition) is 5. The van der Waals surface area contributed by atoms with E-state index < -0.39 is 11.6 Å². The van der Waals surface area contributed by atoms with Gasteiger partial charge in [-0.1, -0.05) is 6.07 Å². The number of likely N-dealkylation sites (tertiary alicyclic amines) is 1. The van der Waals surface area contributed by atoms with E-state index in [0.717, 1.165) is 32.0 Å². The van der Waals surface area contributed by atoms with Crippen LogP contribution in [0.25, 0.3) is 0 Å². The molecule has 2 heterocycles. The number of aromatic nitrogens is 1. The molecule has 0 bridgehead atoms. The quantitative estimate of drug-likeness (QED) is 0.761. The number of benzene rings is 1. The first-order valence-corrected chi connectivity index (χ1v) is 10.3. The number of carbonyl (C=O) groups excluding carboxylic acids is 1. The highest BCUT2D eigenvalue weighted by molar-refractivity contribution is 7.13. The van der Waals surface area contributed by atoms with Crippen LogP contribution in [0.5, 0.6) is 0 Å². The first kappa shape index (κ1) is 20.8. The number of anilines is 1. The highest BCUT2D eigenvalue weighted by Crippen LogP contribution is 2.34. The third-order valence-corrected chi connectivity index (χ3v) is 6.29. The van der Waals surface area contributed by atoms with Gasteiger partial charge < -0.3 is 0 Å². The van der Waals surface area contributed by atoms with Gasteiger partial charge in [-0.25, -0.2) is 13.8 Å². The Morgan fingerprint density at radius 2 is 2.04 bits per heavy atom. The first-order chi connectivity index (χ1) is 13.3. The van der Waals surface area contributed by atoms with Crippen LogP contribution in [0, 0.1) is 11.6 Å². The number of rotatable bonds is 7. The highest BCUT2D eigenvalue weighted by Gasteiger charge is 2.38. The summed E-state index contributed by atoms with van der Waals surface area (Å²) < 4.78 is 27.4. The second-order valence-corrected chi connectivity index (χ2v) is 8.48. The van der Waals surface area contributed by atoms with Gasteiger partial charge in [-0.3, -0.25) is 19.9 Å². The molecule has 1 aromatic heterocycles. The van der Waals surface area contributed by atoms with E-state index in [1.165, 1.54) is 22.3 Å². The van der Waals surface area contributed by atoms with Crippen molar-refractivity contribution in [2.45, 2.75) is 38.3 Å². The van der Waals surface area contributed by atoms with Gasteiger partial charge in [-0.2, -0.15) is 0 Å². The number of hydrogen-bond donors (Lipinski definition) is 1. The summed E-state index contributed by atoms with van der Waals surface area (Å²) in [5.41, 5.74) is 0.251. The fourth-order valence-electron chi connectivity index (χ4n) is 3.74. The van der Waals surface area contributed by atoms with E-state index in [1.807, 2.05) is 5.38 Å². The van der Waals surface area contributed by atoms with Crippen molar-refractivity contribution in [3.63, 3.8) is 0 Å². The van der Waals surface area contributed by atoms with Gasteiger partial charge in [0.1, 0.15) is 0 Å². The van der Waals surface area contributed by atoms with E-state index in [4.69, 9.17) is 0 Å². The molecule has 1 N–H and O–H groups in total. The number of amides is 1. The van der Waals surface area contributed by atoms with Gasteiger partial charge in [-0.15, -0.1) is 11.3 Å². The molecule has 0 radical (unpaired) electrons. The molecule has 1 fully saturated rings.